The summed E-state index contributed by atoms with van der Waals surface area (Å²) >= 11 is 1.48. The molecule has 198 valence electrons. The van der Waals surface area contributed by atoms with Crippen molar-refractivity contribution in [2.75, 3.05) is 36.1 Å². The number of nitrogens with one attached hydrogen (secondary N) is 3. The lowest BCUT2D eigenvalue weighted by atomic mass is 10.1. The number of thiazole rings is 1. The van der Waals surface area contributed by atoms with Gasteiger partial charge < -0.3 is 20.1 Å². The summed E-state index contributed by atoms with van der Waals surface area (Å²) in [4.78, 5) is 17.3. The quantitative estimate of drug-likeness (QED) is 0.244. The highest BCUT2D eigenvalue weighted by atomic mass is 32.2. The summed E-state index contributed by atoms with van der Waals surface area (Å²) < 4.78 is 39.2. The van der Waals surface area contributed by atoms with E-state index >= 15 is 0 Å². The summed E-state index contributed by atoms with van der Waals surface area (Å²) in [5.41, 5.74) is 4.17. The van der Waals surface area contributed by atoms with Crippen LogP contribution in [0.3, 0.4) is 0 Å². The lowest BCUT2D eigenvalue weighted by Gasteiger charge is -2.14. The minimum atomic E-state index is -3.78. The number of anilines is 3. The molecule has 1 heterocycles. The van der Waals surface area contributed by atoms with Crippen LogP contribution in [0.4, 0.5) is 16.5 Å². The van der Waals surface area contributed by atoms with Gasteiger partial charge in [-0.3, -0.25) is 9.52 Å². The van der Waals surface area contributed by atoms with Crippen LogP contribution in [0, 0.1) is 13.8 Å². The average molecular weight is 553 g/mol. The maximum absolute atomic E-state index is 12.8. The van der Waals surface area contributed by atoms with E-state index < -0.39 is 15.9 Å². The van der Waals surface area contributed by atoms with Gasteiger partial charge in [0.2, 0.25) is 0 Å². The molecule has 0 aliphatic carbocycles. The highest BCUT2D eigenvalue weighted by Crippen LogP contribution is 2.32. The molecule has 0 spiro atoms. The van der Waals surface area contributed by atoms with Crippen LogP contribution in [-0.2, 0) is 14.8 Å². The van der Waals surface area contributed by atoms with Gasteiger partial charge >= 0.3 is 0 Å². The van der Waals surface area contributed by atoms with Crippen molar-refractivity contribution in [3.05, 3.63) is 77.2 Å². The molecule has 0 fully saturated rings. The minimum absolute atomic E-state index is 0.0948. The normalized spacial score (nSPS) is 11.1. The van der Waals surface area contributed by atoms with E-state index in [1.165, 1.54) is 36.6 Å². The number of aryl methyl sites for hydroxylation is 2. The van der Waals surface area contributed by atoms with Crippen molar-refractivity contribution in [1.82, 2.24) is 4.98 Å². The second kappa shape index (κ2) is 11.5. The third-order valence-corrected chi connectivity index (χ3v) is 7.85. The zero-order valence-electron chi connectivity index (χ0n) is 21.4. The molecule has 0 saturated heterocycles. The number of hydrogen-bond donors (Lipinski definition) is 3. The number of amides is 1. The summed E-state index contributed by atoms with van der Waals surface area (Å²) in [5, 5.41) is 8.53. The largest absolute Gasteiger partial charge is 0.495 e. The monoisotopic (exact) mass is 552 g/mol. The summed E-state index contributed by atoms with van der Waals surface area (Å²) in [6.07, 6.45) is 0. The third-order valence-electron chi connectivity index (χ3n) is 5.61. The van der Waals surface area contributed by atoms with E-state index in [1.54, 1.807) is 38.2 Å². The van der Waals surface area contributed by atoms with Crippen molar-refractivity contribution in [3.8, 4) is 22.8 Å². The fourth-order valence-electron chi connectivity index (χ4n) is 3.60. The molecule has 0 aliphatic heterocycles. The molecule has 0 unspecified atom stereocenters. The van der Waals surface area contributed by atoms with Gasteiger partial charge in [0.05, 0.1) is 23.4 Å². The van der Waals surface area contributed by atoms with Gasteiger partial charge in [-0.1, -0.05) is 17.7 Å². The van der Waals surface area contributed by atoms with Crippen LogP contribution >= 0.6 is 11.3 Å². The highest BCUT2D eigenvalue weighted by Gasteiger charge is 2.17. The first-order valence-electron chi connectivity index (χ1n) is 11.6. The molecule has 3 aromatic carbocycles. The number of rotatable bonds is 10. The lowest BCUT2D eigenvalue weighted by molar-refractivity contribution is -0.118. The van der Waals surface area contributed by atoms with Crippen LogP contribution in [0.1, 0.15) is 11.1 Å². The fourth-order valence-corrected chi connectivity index (χ4v) is 5.43. The molecule has 0 atom stereocenters. The van der Waals surface area contributed by atoms with Crippen molar-refractivity contribution < 1.29 is 22.7 Å². The standard InChI is InChI=1S/C27H28N4O5S2/c1-17-5-8-20(9-6-17)31-38(33,34)21-10-12-24(18(2)13-21)36-15-26(32)29-22-14-19(7-11-25(22)35-4)23-16-37-27(28-3)30-23/h5-14,16,31H,15H2,1-4H3,(H,28,30)(H,29,32). The molecule has 4 aromatic rings. The molecule has 9 nitrogen and oxygen atoms in total. The summed E-state index contributed by atoms with van der Waals surface area (Å²) in [5.74, 6) is 0.502. The van der Waals surface area contributed by atoms with Crippen LogP contribution in [0.5, 0.6) is 11.5 Å². The third kappa shape index (κ3) is 6.42. The lowest BCUT2D eigenvalue weighted by Crippen LogP contribution is -2.21. The molecule has 0 radical (unpaired) electrons. The molecule has 3 N–H and O–H groups in total. The Labute approximate surface area is 225 Å². The molecular weight excluding hydrogens is 524 g/mol. The maximum Gasteiger partial charge on any atom is 0.262 e. The SMILES string of the molecule is CNc1nc(-c2ccc(OC)c(NC(=O)COc3ccc(S(=O)(=O)Nc4ccc(C)cc4)cc3C)c2)cs1. The minimum Gasteiger partial charge on any atom is -0.495 e. The molecule has 4 rings (SSSR count). The molecule has 38 heavy (non-hydrogen) atoms. The van der Waals surface area contributed by atoms with Crippen LogP contribution in [-0.4, -0.2) is 40.1 Å². The van der Waals surface area contributed by atoms with Gasteiger partial charge in [-0.05, 0) is 67.9 Å². The van der Waals surface area contributed by atoms with Crippen molar-refractivity contribution in [3.63, 3.8) is 0 Å². The Kier molecular flexibility index (Phi) is 8.18. The first kappa shape index (κ1) is 27.0. The number of ether oxygens (including phenoxy) is 2. The molecule has 0 saturated carbocycles. The molecule has 0 bridgehead atoms. The Bertz CT molecular complexity index is 1550. The zero-order valence-corrected chi connectivity index (χ0v) is 23.0. The van der Waals surface area contributed by atoms with Gasteiger partial charge in [0.15, 0.2) is 11.7 Å². The maximum atomic E-state index is 12.8. The zero-order chi connectivity index (χ0) is 27.3. The summed E-state index contributed by atoms with van der Waals surface area (Å²) in [6.45, 7) is 3.37. The average Bonchev–Trinajstić information content (AvgIpc) is 3.38. The van der Waals surface area contributed by atoms with Crippen molar-refractivity contribution in [2.45, 2.75) is 18.7 Å². The van der Waals surface area contributed by atoms with Gasteiger partial charge in [-0.15, -0.1) is 11.3 Å². The van der Waals surface area contributed by atoms with Crippen molar-refractivity contribution >= 4 is 43.8 Å². The topological polar surface area (TPSA) is 119 Å². The predicted octanol–water partition coefficient (Wildman–Crippen LogP) is 5.30. The van der Waals surface area contributed by atoms with Crippen molar-refractivity contribution in [1.29, 1.82) is 0 Å². The van der Waals surface area contributed by atoms with E-state index in [1.807, 2.05) is 30.5 Å². The molecule has 11 heteroatoms. The van der Waals surface area contributed by atoms with Crippen LogP contribution in [0.25, 0.3) is 11.3 Å². The number of hydrogen-bond acceptors (Lipinski definition) is 8. The van der Waals surface area contributed by atoms with E-state index in [0.717, 1.165) is 22.0 Å². The number of sulfonamides is 1. The fraction of sp³-hybridized carbons (Fsp3) is 0.185. The smallest absolute Gasteiger partial charge is 0.262 e. The molecular formula is C27H28N4O5S2. The number of methoxy groups -OCH3 is 1. The van der Waals surface area contributed by atoms with Crippen LogP contribution in [0.2, 0.25) is 0 Å². The van der Waals surface area contributed by atoms with Gasteiger partial charge in [-0.25, -0.2) is 13.4 Å². The van der Waals surface area contributed by atoms with Gasteiger partial charge in [0.1, 0.15) is 11.5 Å². The predicted molar refractivity (Wildman–Crippen MR) is 151 cm³/mol. The van der Waals surface area contributed by atoms with Crippen molar-refractivity contribution in [2.24, 2.45) is 0 Å². The van der Waals surface area contributed by atoms with E-state index in [2.05, 4.69) is 20.3 Å². The molecule has 1 amide bonds. The first-order valence-corrected chi connectivity index (χ1v) is 14.0. The molecule has 0 aliphatic rings. The number of carbonyl (C=O) groups is 1. The Morgan fingerprint density at radius 2 is 1.74 bits per heavy atom. The number of benzene rings is 3. The number of nitrogens with zero attached hydrogens (tertiary/aromatic N) is 1. The number of aromatic nitrogens is 1. The Morgan fingerprint density at radius 3 is 2.39 bits per heavy atom. The van der Waals surface area contributed by atoms with E-state index in [9.17, 15) is 13.2 Å². The second-order valence-electron chi connectivity index (χ2n) is 8.44. The second-order valence-corrected chi connectivity index (χ2v) is 11.0. The number of carbonyl (C=O) groups excluding carboxylic acids is 1. The van der Waals surface area contributed by atoms with Crippen LogP contribution < -0.4 is 24.8 Å². The molecule has 1 aromatic heterocycles. The highest BCUT2D eigenvalue weighted by molar-refractivity contribution is 7.92. The van der Waals surface area contributed by atoms with E-state index in [0.29, 0.717) is 28.4 Å². The van der Waals surface area contributed by atoms with E-state index in [-0.39, 0.29) is 11.5 Å². The van der Waals surface area contributed by atoms with E-state index in [4.69, 9.17) is 9.47 Å². The first-order chi connectivity index (χ1) is 18.2. The Hall–Kier alpha value is -4.09. The summed E-state index contributed by atoms with van der Waals surface area (Å²) in [6, 6.07) is 17.0. The Morgan fingerprint density at radius 1 is 1.00 bits per heavy atom. The summed E-state index contributed by atoms with van der Waals surface area (Å²) in [7, 11) is -0.452. The van der Waals surface area contributed by atoms with Gasteiger partial charge in [-0.2, -0.15) is 0 Å². The van der Waals surface area contributed by atoms with Gasteiger partial charge in [0.25, 0.3) is 15.9 Å². The van der Waals surface area contributed by atoms with Crippen LogP contribution in [0.15, 0.2) is 70.9 Å². The van der Waals surface area contributed by atoms with Gasteiger partial charge in [0, 0.05) is 23.7 Å². The Balaban J connectivity index is 1.42.